The number of nitrogens with zero attached hydrogens (tertiary/aromatic N) is 1. The van der Waals surface area contributed by atoms with Gasteiger partial charge in [0.1, 0.15) is 5.75 Å². The molecule has 6 nitrogen and oxygen atoms in total. The van der Waals surface area contributed by atoms with Gasteiger partial charge in [-0.05, 0) is 36.0 Å². The summed E-state index contributed by atoms with van der Waals surface area (Å²) in [4.78, 5) is 27.0. The van der Waals surface area contributed by atoms with E-state index in [0.29, 0.717) is 43.6 Å². The van der Waals surface area contributed by atoms with E-state index in [9.17, 15) is 9.59 Å². The lowest BCUT2D eigenvalue weighted by molar-refractivity contribution is -0.123. The summed E-state index contributed by atoms with van der Waals surface area (Å²) in [7, 11) is 1.60. The Hall–Kier alpha value is -3.02. The molecule has 1 aliphatic rings. The topological polar surface area (TPSA) is 70.7 Å². The number of urea groups is 1. The highest BCUT2D eigenvalue weighted by molar-refractivity contribution is 5.89. The lowest BCUT2D eigenvalue weighted by Crippen LogP contribution is -2.46. The van der Waals surface area contributed by atoms with Crippen LogP contribution in [0.2, 0.25) is 0 Å². The highest BCUT2D eigenvalue weighted by Crippen LogP contribution is 2.29. The van der Waals surface area contributed by atoms with Crippen LogP contribution in [-0.2, 0) is 11.3 Å². The van der Waals surface area contributed by atoms with Gasteiger partial charge in [-0.25, -0.2) is 4.79 Å². The Morgan fingerprint density at radius 3 is 2.63 bits per heavy atom. The van der Waals surface area contributed by atoms with Crippen molar-refractivity contribution < 1.29 is 14.3 Å². The quantitative estimate of drug-likeness (QED) is 0.717. The maximum atomic E-state index is 12.7. The summed E-state index contributed by atoms with van der Waals surface area (Å²) in [5.74, 6) is 1.40. The molecule has 1 aliphatic heterocycles. The van der Waals surface area contributed by atoms with Crippen molar-refractivity contribution in [3.05, 3.63) is 60.2 Å². The Bertz CT molecular complexity index is 841. The summed E-state index contributed by atoms with van der Waals surface area (Å²) in [6.45, 7) is 4.01. The van der Waals surface area contributed by atoms with Crippen LogP contribution in [0.5, 0.6) is 5.75 Å². The van der Waals surface area contributed by atoms with Gasteiger partial charge < -0.3 is 20.3 Å². The molecule has 0 aliphatic carbocycles. The summed E-state index contributed by atoms with van der Waals surface area (Å²) < 4.78 is 5.21. The van der Waals surface area contributed by atoms with Crippen LogP contribution in [0.4, 0.5) is 10.5 Å². The second-order valence-corrected chi connectivity index (χ2v) is 7.79. The minimum atomic E-state index is -0.103. The van der Waals surface area contributed by atoms with E-state index in [0.717, 1.165) is 24.1 Å². The number of likely N-dealkylation sites (tertiary alicyclic amines) is 1. The van der Waals surface area contributed by atoms with Crippen LogP contribution >= 0.6 is 0 Å². The molecule has 30 heavy (non-hydrogen) atoms. The lowest BCUT2D eigenvalue weighted by atomic mass is 9.81. The number of rotatable bonds is 7. The van der Waals surface area contributed by atoms with E-state index < -0.39 is 0 Å². The molecule has 0 bridgehead atoms. The van der Waals surface area contributed by atoms with E-state index in [1.54, 1.807) is 13.2 Å². The van der Waals surface area contributed by atoms with Gasteiger partial charge in [0, 0.05) is 37.8 Å². The zero-order chi connectivity index (χ0) is 21.3. The van der Waals surface area contributed by atoms with Crippen LogP contribution in [-0.4, -0.2) is 37.0 Å². The third-order valence-electron chi connectivity index (χ3n) is 5.80. The first-order valence-corrected chi connectivity index (χ1v) is 10.6. The Morgan fingerprint density at radius 1 is 1.10 bits per heavy atom. The molecule has 2 aromatic rings. The molecule has 2 atom stereocenters. The first kappa shape index (κ1) is 21.7. The van der Waals surface area contributed by atoms with Crippen molar-refractivity contribution in [2.75, 3.05) is 25.5 Å². The van der Waals surface area contributed by atoms with E-state index in [2.05, 4.69) is 17.6 Å². The number of hydrogen-bond acceptors (Lipinski definition) is 3. The van der Waals surface area contributed by atoms with Gasteiger partial charge in [0.05, 0.1) is 7.11 Å². The van der Waals surface area contributed by atoms with Crippen LogP contribution in [0.15, 0.2) is 54.6 Å². The number of carbonyl (C=O) groups excluding carboxylic acids is 2. The molecule has 3 amide bonds. The third kappa shape index (κ3) is 5.99. The number of anilines is 1. The van der Waals surface area contributed by atoms with Crippen molar-refractivity contribution in [3.63, 3.8) is 0 Å². The minimum Gasteiger partial charge on any atom is -0.497 e. The third-order valence-corrected chi connectivity index (χ3v) is 5.80. The molecule has 2 N–H and O–H groups in total. The molecule has 1 fully saturated rings. The van der Waals surface area contributed by atoms with Gasteiger partial charge in [0.2, 0.25) is 5.91 Å². The van der Waals surface area contributed by atoms with Gasteiger partial charge in [0.15, 0.2) is 0 Å². The van der Waals surface area contributed by atoms with Gasteiger partial charge in [0.25, 0.3) is 0 Å². The van der Waals surface area contributed by atoms with E-state index >= 15 is 0 Å². The van der Waals surface area contributed by atoms with Crippen molar-refractivity contribution in [2.24, 2.45) is 11.8 Å². The fourth-order valence-corrected chi connectivity index (χ4v) is 4.01. The normalized spacial score (nSPS) is 18.5. The second-order valence-electron chi connectivity index (χ2n) is 7.79. The van der Waals surface area contributed by atoms with E-state index in [-0.39, 0.29) is 11.9 Å². The van der Waals surface area contributed by atoms with Crippen LogP contribution in [0, 0.1) is 11.8 Å². The monoisotopic (exact) mass is 409 g/mol. The van der Waals surface area contributed by atoms with Crippen molar-refractivity contribution >= 4 is 17.6 Å². The van der Waals surface area contributed by atoms with Crippen LogP contribution in [0.1, 0.15) is 31.7 Å². The Balaban J connectivity index is 1.50. The summed E-state index contributed by atoms with van der Waals surface area (Å²) in [5.41, 5.74) is 1.82. The van der Waals surface area contributed by atoms with Gasteiger partial charge in [-0.15, -0.1) is 0 Å². The first-order chi connectivity index (χ1) is 14.6. The van der Waals surface area contributed by atoms with Gasteiger partial charge in [-0.3, -0.25) is 4.79 Å². The average molecular weight is 410 g/mol. The van der Waals surface area contributed by atoms with E-state index in [1.807, 2.05) is 53.4 Å². The number of benzene rings is 2. The standard InChI is InChI=1S/C24H31N3O3/c1-3-19-17-27(24(29)26-21-10-7-11-22(15-21)30-2)13-12-20(19)14-23(28)25-16-18-8-5-4-6-9-18/h4-11,15,19-20H,3,12-14,16-17H2,1-2H3,(H,25,28)(H,26,29)/t19-,20-/m0/s1. The Kier molecular flexibility index (Phi) is 7.71. The van der Waals surface area contributed by atoms with Crippen LogP contribution in [0.25, 0.3) is 0 Å². The van der Waals surface area contributed by atoms with Gasteiger partial charge in [-0.2, -0.15) is 0 Å². The maximum absolute atomic E-state index is 12.7. The van der Waals surface area contributed by atoms with Crippen molar-refractivity contribution in [2.45, 2.75) is 32.7 Å². The lowest BCUT2D eigenvalue weighted by Gasteiger charge is -2.38. The van der Waals surface area contributed by atoms with Crippen LogP contribution < -0.4 is 15.4 Å². The summed E-state index contributed by atoms with van der Waals surface area (Å²) >= 11 is 0. The van der Waals surface area contributed by atoms with Crippen molar-refractivity contribution in [1.29, 1.82) is 0 Å². The second kappa shape index (κ2) is 10.7. The molecular weight excluding hydrogens is 378 g/mol. The van der Waals surface area contributed by atoms with Crippen molar-refractivity contribution in [1.82, 2.24) is 10.2 Å². The number of ether oxygens (including phenoxy) is 1. The first-order valence-electron chi connectivity index (χ1n) is 10.6. The fourth-order valence-electron chi connectivity index (χ4n) is 4.01. The molecule has 1 heterocycles. The molecule has 0 saturated carbocycles. The molecule has 0 spiro atoms. The fraction of sp³-hybridized carbons (Fsp3) is 0.417. The van der Waals surface area contributed by atoms with Crippen molar-refractivity contribution in [3.8, 4) is 5.75 Å². The minimum absolute atomic E-state index is 0.0802. The molecule has 1 saturated heterocycles. The highest BCUT2D eigenvalue weighted by Gasteiger charge is 2.31. The number of piperidine rings is 1. The smallest absolute Gasteiger partial charge is 0.321 e. The highest BCUT2D eigenvalue weighted by atomic mass is 16.5. The SMILES string of the molecule is CC[C@H]1CN(C(=O)Nc2cccc(OC)c2)CC[C@H]1CC(=O)NCc1ccccc1. The zero-order valence-corrected chi connectivity index (χ0v) is 17.8. The van der Waals surface area contributed by atoms with Crippen LogP contribution in [0.3, 0.4) is 0 Å². The van der Waals surface area contributed by atoms with E-state index in [4.69, 9.17) is 4.74 Å². The van der Waals surface area contributed by atoms with Gasteiger partial charge >= 0.3 is 6.03 Å². The number of nitrogens with one attached hydrogen (secondary N) is 2. The summed E-state index contributed by atoms with van der Waals surface area (Å²) in [6, 6.07) is 17.2. The number of carbonyl (C=O) groups is 2. The molecule has 0 radical (unpaired) electrons. The molecule has 2 aromatic carbocycles. The average Bonchev–Trinajstić information content (AvgIpc) is 2.78. The molecule has 6 heteroatoms. The number of methoxy groups -OCH3 is 1. The predicted octanol–water partition coefficient (Wildman–Crippen LogP) is 4.28. The molecule has 0 unspecified atom stereocenters. The largest absolute Gasteiger partial charge is 0.497 e. The van der Waals surface area contributed by atoms with Gasteiger partial charge in [-0.1, -0.05) is 49.7 Å². The zero-order valence-electron chi connectivity index (χ0n) is 17.8. The summed E-state index contributed by atoms with van der Waals surface area (Å²) in [5, 5.41) is 5.98. The predicted molar refractivity (Wildman–Crippen MR) is 118 cm³/mol. The Morgan fingerprint density at radius 2 is 1.90 bits per heavy atom. The number of hydrogen-bond donors (Lipinski definition) is 2. The summed E-state index contributed by atoms with van der Waals surface area (Å²) in [6.07, 6.45) is 2.29. The Labute approximate surface area is 178 Å². The molecule has 160 valence electrons. The maximum Gasteiger partial charge on any atom is 0.321 e. The molecule has 3 rings (SSSR count). The molecule has 0 aromatic heterocycles. The number of amides is 3. The molecular formula is C24H31N3O3. The van der Waals surface area contributed by atoms with E-state index in [1.165, 1.54) is 0 Å².